The van der Waals surface area contributed by atoms with Crippen LogP contribution in [0.15, 0.2) is 65.4 Å². The normalized spacial score (nSPS) is 10.8. The van der Waals surface area contributed by atoms with Crippen molar-refractivity contribution in [2.24, 2.45) is 0 Å². The fraction of sp³-hybridized carbons (Fsp3) is 0.0500. The van der Waals surface area contributed by atoms with Crippen LogP contribution in [0.2, 0.25) is 15.1 Å². The number of amides is 1. The number of halogens is 3. The molecule has 30 heavy (non-hydrogen) atoms. The summed E-state index contributed by atoms with van der Waals surface area (Å²) in [6, 6.07) is 13.5. The molecule has 0 atom stereocenters. The summed E-state index contributed by atoms with van der Waals surface area (Å²) in [5.41, 5.74) is 1.15. The van der Waals surface area contributed by atoms with E-state index in [0.717, 1.165) is 0 Å². The van der Waals surface area contributed by atoms with Crippen molar-refractivity contribution in [1.82, 2.24) is 14.9 Å². The molecular weight excluding hydrogens is 451 g/mol. The minimum Gasteiger partial charge on any atom is -0.471 e. The lowest BCUT2D eigenvalue weighted by Gasteiger charge is -2.06. The summed E-state index contributed by atoms with van der Waals surface area (Å²) in [5.74, 6) is 0.511. The van der Waals surface area contributed by atoms with Crippen LogP contribution in [0.25, 0.3) is 11.3 Å². The van der Waals surface area contributed by atoms with Crippen molar-refractivity contribution in [1.29, 1.82) is 0 Å². The SMILES string of the molecule is O=C(Nc1cnn(COc2cccc(Cl)c2)c1)c1cc(-c2ccc(Cl)cc2Cl)on1. The Bertz CT molecular complexity index is 1210. The number of carbonyl (C=O) groups is 1. The molecule has 4 aromatic rings. The predicted octanol–water partition coefficient (Wildman–Crippen LogP) is 5.79. The molecule has 2 aromatic carbocycles. The highest BCUT2D eigenvalue weighted by molar-refractivity contribution is 6.36. The number of ether oxygens (including phenoxy) is 1. The van der Waals surface area contributed by atoms with Crippen LogP contribution in [0, 0.1) is 0 Å². The van der Waals surface area contributed by atoms with E-state index in [-0.39, 0.29) is 12.4 Å². The summed E-state index contributed by atoms with van der Waals surface area (Å²) in [6.07, 6.45) is 3.12. The summed E-state index contributed by atoms with van der Waals surface area (Å²) < 4.78 is 12.4. The number of hydrogen-bond donors (Lipinski definition) is 1. The van der Waals surface area contributed by atoms with Gasteiger partial charge in [0.2, 0.25) is 0 Å². The molecule has 7 nitrogen and oxygen atoms in total. The Kier molecular flexibility index (Phi) is 5.94. The second kappa shape index (κ2) is 8.79. The van der Waals surface area contributed by atoms with Gasteiger partial charge in [-0.3, -0.25) is 4.79 Å². The first kappa shape index (κ1) is 20.3. The van der Waals surface area contributed by atoms with Crippen LogP contribution in [-0.2, 0) is 6.73 Å². The van der Waals surface area contributed by atoms with Crippen molar-refractivity contribution >= 4 is 46.4 Å². The molecule has 0 radical (unpaired) electrons. The van der Waals surface area contributed by atoms with Gasteiger partial charge >= 0.3 is 0 Å². The molecule has 0 aliphatic rings. The van der Waals surface area contributed by atoms with E-state index in [4.69, 9.17) is 44.1 Å². The zero-order valence-corrected chi connectivity index (χ0v) is 17.4. The van der Waals surface area contributed by atoms with E-state index in [9.17, 15) is 4.79 Å². The number of hydrogen-bond acceptors (Lipinski definition) is 5. The first-order chi connectivity index (χ1) is 14.5. The van der Waals surface area contributed by atoms with E-state index in [1.165, 1.54) is 16.9 Å². The molecule has 0 aliphatic heterocycles. The van der Waals surface area contributed by atoms with Gasteiger partial charge in [-0.1, -0.05) is 46.0 Å². The van der Waals surface area contributed by atoms with E-state index in [2.05, 4.69) is 15.6 Å². The molecule has 1 N–H and O–H groups in total. The second-order valence-corrected chi connectivity index (χ2v) is 7.43. The summed E-state index contributed by atoms with van der Waals surface area (Å²) in [7, 11) is 0. The molecule has 10 heteroatoms. The zero-order chi connectivity index (χ0) is 21.1. The predicted molar refractivity (Wildman–Crippen MR) is 114 cm³/mol. The lowest BCUT2D eigenvalue weighted by Crippen LogP contribution is -2.11. The van der Waals surface area contributed by atoms with Gasteiger partial charge in [-0.2, -0.15) is 5.10 Å². The summed E-state index contributed by atoms with van der Waals surface area (Å²) >= 11 is 18.0. The molecule has 152 valence electrons. The Morgan fingerprint density at radius 3 is 2.73 bits per heavy atom. The van der Waals surface area contributed by atoms with E-state index in [0.29, 0.717) is 37.8 Å². The minimum atomic E-state index is -0.453. The number of nitrogens with one attached hydrogen (secondary N) is 1. The zero-order valence-electron chi connectivity index (χ0n) is 15.2. The molecule has 4 rings (SSSR count). The van der Waals surface area contributed by atoms with E-state index < -0.39 is 5.91 Å². The van der Waals surface area contributed by atoms with Gasteiger partial charge in [0.1, 0.15) is 5.75 Å². The number of benzene rings is 2. The highest BCUT2D eigenvalue weighted by Gasteiger charge is 2.16. The van der Waals surface area contributed by atoms with E-state index >= 15 is 0 Å². The lowest BCUT2D eigenvalue weighted by atomic mass is 10.1. The van der Waals surface area contributed by atoms with Crippen molar-refractivity contribution in [3.8, 4) is 17.1 Å². The van der Waals surface area contributed by atoms with Gasteiger partial charge in [-0.05, 0) is 36.4 Å². The van der Waals surface area contributed by atoms with Crippen molar-refractivity contribution in [3.63, 3.8) is 0 Å². The number of rotatable bonds is 6. The number of nitrogens with zero attached hydrogens (tertiary/aromatic N) is 3. The molecule has 0 saturated heterocycles. The third kappa shape index (κ3) is 4.76. The molecule has 2 heterocycles. The van der Waals surface area contributed by atoms with Crippen molar-refractivity contribution in [3.05, 3.63) is 81.7 Å². The first-order valence-corrected chi connectivity index (χ1v) is 9.75. The maximum Gasteiger partial charge on any atom is 0.277 e. The van der Waals surface area contributed by atoms with Gasteiger partial charge in [0, 0.05) is 21.7 Å². The third-order valence-corrected chi connectivity index (χ3v) is 4.77. The third-order valence-electron chi connectivity index (χ3n) is 3.99. The van der Waals surface area contributed by atoms with Crippen LogP contribution in [0.4, 0.5) is 5.69 Å². The van der Waals surface area contributed by atoms with Gasteiger partial charge in [-0.25, -0.2) is 4.68 Å². The number of anilines is 1. The highest BCUT2D eigenvalue weighted by Crippen LogP contribution is 2.30. The van der Waals surface area contributed by atoms with Crippen LogP contribution in [-0.4, -0.2) is 20.8 Å². The van der Waals surface area contributed by atoms with E-state index in [1.807, 2.05) is 0 Å². The summed E-state index contributed by atoms with van der Waals surface area (Å²) in [5, 5.41) is 12.1. The monoisotopic (exact) mass is 462 g/mol. The fourth-order valence-corrected chi connectivity index (χ4v) is 3.27. The average molecular weight is 464 g/mol. The van der Waals surface area contributed by atoms with Gasteiger partial charge in [0.15, 0.2) is 18.2 Å². The van der Waals surface area contributed by atoms with Gasteiger partial charge in [0.05, 0.1) is 23.1 Å². The quantitative estimate of drug-likeness (QED) is 0.391. The largest absolute Gasteiger partial charge is 0.471 e. The van der Waals surface area contributed by atoms with Gasteiger partial charge < -0.3 is 14.6 Å². The Morgan fingerprint density at radius 1 is 1.10 bits per heavy atom. The van der Waals surface area contributed by atoms with Gasteiger partial charge in [0.25, 0.3) is 5.91 Å². The maximum atomic E-state index is 12.5. The van der Waals surface area contributed by atoms with Crippen LogP contribution < -0.4 is 10.1 Å². The highest BCUT2D eigenvalue weighted by atomic mass is 35.5. The Balaban J connectivity index is 1.39. The topological polar surface area (TPSA) is 82.2 Å². The summed E-state index contributed by atoms with van der Waals surface area (Å²) in [4.78, 5) is 12.5. The Labute approximate surface area is 186 Å². The Hall–Kier alpha value is -3.00. The van der Waals surface area contributed by atoms with E-state index in [1.54, 1.807) is 48.7 Å². The molecule has 2 aromatic heterocycles. The second-order valence-electron chi connectivity index (χ2n) is 6.15. The fourth-order valence-electron chi connectivity index (χ4n) is 2.59. The molecule has 0 spiro atoms. The smallest absolute Gasteiger partial charge is 0.277 e. The minimum absolute atomic E-state index is 0.0962. The standard InChI is InChI=1S/C20H13Cl3N4O3/c21-12-2-1-3-15(6-12)29-11-27-10-14(9-24-27)25-20(28)18-8-19(30-26-18)16-5-4-13(22)7-17(16)23/h1-10H,11H2,(H,25,28). The number of carbonyl (C=O) groups excluding carboxylic acids is 1. The van der Waals surface area contributed by atoms with Crippen molar-refractivity contribution in [2.45, 2.75) is 6.73 Å². The lowest BCUT2D eigenvalue weighted by molar-refractivity contribution is 0.101. The first-order valence-electron chi connectivity index (χ1n) is 8.62. The van der Waals surface area contributed by atoms with Gasteiger partial charge in [-0.15, -0.1) is 0 Å². The molecular formula is C20H13Cl3N4O3. The molecule has 0 unspecified atom stereocenters. The number of aromatic nitrogens is 3. The summed E-state index contributed by atoms with van der Waals surface area (Å²) in [6.45, 7) is 0.152. The Morgan fingerprint density at radius 2 is 1.93 bits per heavy atom. The van der Waals surface area contributed by atoms with Crippen LogP contribution in [0.5, 0.6) is 5.75 Å². The van der Waals surface area contributed by atoms with Crippen molar-refractivity contribution in [2.75, 3.05) is 5.32 Å². The molecule has 0 aliphatic carbocycles. The van der Waals surface area contributed by atoms with Crippen LogP contribution >= 0.6 is 34.8 Å². The molecule has 0 fully saturated rings. The molecule has 0 bridgehead atoms. The van der Waals surface area contributed by atoms with Crippen LogP contribution in [0.3, 0.4) is 0 Å². The molecule has 1 amide bonds. The molecule has 0 saturated carbocycles. The maximum absolute atomic E-state index is 12.5. The average Bonchev–Trinajstić information content (AvgIpc) is 3.36. The van der Waals surface area contributed by atoms with Crippen molar-refractivity contribution < 1.29 is 14.1 Å². The van der Waals surface area contributed by atoms with Crippen LogP contribution in [0.1, 0.15) is 10.5 Å².